The zero-order chi connectivity index (χ0) is 34.1. The molecule has 12 nitrogen and oxygen atoms in total. The van der Waals surface area contributed by atoms with Crippen molar-refractivity contribution in [2.75, 3.05) is 49.8 Å². The summed E-state index contributed by atoms with van der Waals surface area (Å²) in [7, 11) is 1.49. The topological polar surface area (TPSA) is 113 Å². The first-order valence-corrected chi connectivity index (χ1v) is 14.8. The van der Waals surface area contributed by atoms with Crippen molar-refractivity contribution in [1.82, 2.24) is 29.5 Å². The molecule has 256 valence electrons. The zero-order valence-corrected chi connectivity index (χ0v) is 25.5. The SMILES string of the molecule is COc1ccc(Cn2ncc(N3CCOCC3COCc3cc4n(n3)CCN(c3ncc(C(F)(F)F)cn3)C4)c(C(F)(F)F)c2=O)cc1. The second kappa shape index (κ2) is 13.4. The molecule has 1 saturated heterocycles. The van der Waals surface area contributed by atoms with Crippen molar-refractivity contribution >= 4 is 11.6 Å². The Morgan fingerprint density at radius 3 is 2.42 bits per heavy atom. The third-order valence-electron chi connectivity index (χ3n) is 7.99. The summed E-state index contributed by atoms with van der Waals surface area (Å²) in [5.41, 5.74) is -1.97. The standard InChI is InChI=1S/C30H30F6N8O4/c1-46-24-4-2-19(3-5-24)14-44-27(45)26(30(34,35)36)25(13-39-44)42-8-9-47-17-23(42)18-48-16-21-10-22-15-41(6-7-43(22)40-21)28-37-11-20(12-38-28)29(31,32)33/h2-5,10-13,23H,6-9,14-18H2,1H3. The maximum atomic E-state index is 14.4. The molecule has 1 atom stereocenters. The summed E-state index contributed by atoms with van der Waals surface area (Å²) >= 11 is 0. The van der Waals surface area contributed by atoms with Crippen LogP contribution in [0.4, 0.5) is 38.0 Å². The summed E-state index contributed by atoms with van der Waals surface area (Å²) in [6.45, 7) is 1.30. The van der Waals surface area contributed by atoms with E-state index in [9.17, 15) is 31.1 Å². The van der Waals surface area contributed by atoms with Crippen molar-refractivity contribution in [3.63, 3.8) is 0 Å². The Kier molecular flexibility index (Phi) is 9.28. The second-order valence-corrected chi connectivity index (χ2v) is 11.2. The van der Waals surface area contributed by atoms with Gasteiger partial charge in [0.1, 0.15) is 11.3 Å². The first-order valence-electron chi connectivity index (χ1n) is 14.8. The highest BCUT2D eigenvalue weighted by Gasteiger charge is 2.41. The van der Waals surface area contributed by atoms with Gasteiger partial charge in [-0.3, -0.25) is 9.48 Å². The van der Waals surface area contributed by atoms with E-state index in [1.165, 1.54) is 12.0 Å². The molecule has 18 heteroatoms. The van der Waals surface area contributed by atoms with Crippen molar-refractivity contribution in [3.8, 4) is 5.75 Å². The Labute approximate surface area is 269 Å². The first kappa shape index (κ1) is 33.2. The fourth-order valence-corrected chi connectivity index (χ4v) is 5.59. The normalized spacial score (nSPS) is 17.0. The van der Waals surface area contributed by atoms with Gasteiger partial charge in [0.25, 0.3) is 5.56 Å². The van der Waals surface area contributed by atoms with Crippen molar-refractivity contribution in [1.29, 1.82) is 0 Å². The predicted molar refractivity (Wildman–Crippen MR) is 158 cm³/mol. The van der Waals surface area contributed by atoms with Gasteiger partial charge < -0.3 is 24.0 Å². The number of hydrogen-bond acceptors (Lipinski definition) is 10. The third-order valence-corrected chi connectivity index (χ3v) is 7.99. The van der Waals surface area contributed by atoms with Crippen LogP contribution in [-0.2, 0) is 48.1 Å². The van der Waals surface area contributed by atoms with Crippen molar-refractivity contribution < 1.29 is 40.6 Å². The monoisotopic (exact) mass is 680 g/mol. The van der Waals surface area contributed by atoms with Crippen LogP contribution in [0.2, 0.25) is 0 Å². The number of hydrogen-bond donors (Lipinski definition) is 0. The van der Waals surface area contributed by atoms with Crippen LogP contribution in [0.5, 0.6) is 5.75 Å². The van der Waals surface area contributed by atoms with E-state index in [4.69, 9.17) is 14.2 Å². The molecule has 0 saturated carbocycles. The Balaban J connectivity index is 1.12. The molecule has 5 heterocycles. The summed E-state index contributed by atoms with van der Waals surface area (Å²) < 4.78 is 101. The van der Waals surface area contributed by atoms with Gasteiger partial charge in [-0.25, -0.2) is 14.6 Å². The largest absolute Gasteiger partial charge is 0.497 e. The van der Waals surface area contributed by atoms with Crippen molar-refractivity contribution in [3.05, 3.63) is 87.4 Å². The summed E-state index contributed by atoms with van der Waals surface area (Å²) in [6.07, 6.45) is -6.94. The molecule has 0 bridgehead atoms. The molecule has 2 aliphatic rings. The number of anilines is 2. The Morgan fingerprint density at radius 2 is 1.73 bits per heavy atom. The number of fused-ring (bicyclic) bond motifs is 1. The smallest absolute Gasteiger partial charge is 0.423 e. The fourth-order valence-electron chi connectivity index (χ4n) is 5.59. The van der Waals surface area contributed by atoms with Crippen LogP contribution in [0.15, 0.2) is 53.7 Å². The number of methoxy groups -OCH3 is 1. The minimum Gasteiger partial charge on any atom is -0.497 e. The fraction of sp³-hybridized carbons (Fsp3) is 0.433. The summed E-state index contributed by atoms with van der Waals surface area (Å²) in [4.78, 5) is 24.1. The minimum absolute atomic E-state index is 0.0278. The van der Waals surface area contributed by atoms with E-state index >= 15 is 0 Å². The number of nitrogens with zero attached hydrogens (tertiary/aromatic N) is 8. The van der Waals surface area contributed by atoms with Crippen LogP contribution in [0.1, 0.15) is 28.1 Å². The molecule has 3 aromatic heterocycles. The van der Waals surface area contributed by atoms with Crippen LogP contribution < -0.4 is 20.1 Å². The van der Waals surface area contributed by atoms with Crippen LogP contribution >= 0.6 is 0 Å². The molecule has 6 rings (SSSR count). The third kappa shape index (κ3) is 7.23. The maximum absolute atomic E-state index is 14.4. The summed E-state index contributed by atoms with van der Waals surface area (Å²) in [5, 5.41) is 8.60. The zero-order valence-electron chi connectivity index (χ0n) is 25.5. The van der Waals surface area contributed by atoms with Gasteiger partial charge in [-0.15, -0.1) is 0 Å². The molecule has 0 aliphatic carbocycles. The quantitative estimate of drug-likeness (QED) is 0.242. The number of aromatic nitrogens is 6. The molecule has 0 N–H and O–H groups in total. The van der Waals surface area contributed by atoms with Gasteiger partial charge in [0, 0.05) is 25.5 Å². The average molecular weight is 681 g/mol. The molecule has 1 fully saturated rings. The molecule has 0 amide bonds. The lowest BCUT2D eigenvalue weighted by atomic mass is 10.1. The Bertz CT molecular complexity index is 1780. The van der Waals surface area contributed by atoms with E-state index in [2.05, 4.69) is 20.2 Å². The van der Waals surface area contributed by atoms with Gasteiger partial charge in [0.15, 0.2) is 0 Å². The molecule has 2 aliphatic heterocycles. The average Bonchev–Trinajstić information content (AvgIpc) is 3.47. The Hall–Kier alpha value is -4.71. The minimum atomic E-state index is -4.95. The van der Waals surface area contributed by atoms with Gasteiger partial charge in [0.2, 0.25) is 5.95 Å². The summed E-state index contributed by atoms with van der Waals surface area (Å²) in [5.74, 6) is 0.726. The molecular formula is C30H30F6N8O4. The molecule has 0 spiro atoms. The first-order chi connectivity index (χ1) is 22.9. The van der Waals surface area contributed by atoms with E-state index in [1.807, 2.05) is 0 Å². The van der Waals surface area contributed by atoms with E-state index in [0.717, 1.165) is 29.0 Å². The lowest BCUT2D eigenvalue weighted by Gasteiger charge is -2.38. The van der Waals surface area contributed by atoms with E-state index in [-0.39, 0.29) is 51.2 Å². The number of rotatable bonds is 9. The van der Waals surface area contributed by atoms with E-state index in [1.54, 1.807) is 39.9 Å². The molecule has 48 heavy (non-hydrogen) atoms. The summed E-state index contributed by atoms with van der Waals surface area (Å²) in [6, 6.07) is 7.70. The highest BCUT2D eigenvalue weighted by molar-refractivity contribution is 5.54. The number of morpholine rings is 1. The van der Waals surface area contributed by atoms with Gasteiger partial charge in [-0.2, -0.15) is 36.5 Å². The predicted octanol–water partition coefficient (Wildman–Crippen LogP) is 3.77. The lowest BCUT2D eigenvalue weighted by Crippen LogP contribution is -2.50. The van der Waals surface area contributed by atoms with E-state index in [0.29, 0.717) is 36.6 Å². The molecular weight excluding hydrogens is 650 g/mol. The number of alkyl halides is 6. The van der Waals surface area contributed by atoms with Gasteiger partial charge >= 0.3 is 12.4 Å². The molecule has 1 unspecified atom stereocenters. The lowest BCUT2D eigenvalue weighted by molar-refractivity contribution is -0.139. The van der Waals surface area contributed by atoms with Crippen molar-refractivity contribution in [2.24, 2.45) is 0 Å². The number of ether oxygens (including phenoxy) is 3. The highest BCUT2D eigenvalue weighted by atomic mass is 19.4. The highest BCUT2D eigenvalue weighted by Crippen LogP contribution is 2.35. The van der Waals surface area contributed by atoms with Crippen molar-refractivity contribution in [2.45, 2.75) is 44.6 Å². The van der Waals surface area contributed by atoms with Crippen LogP contribution in [0, 0.1) is 0 Å². The van der Waals surface area contributed by atoms with Gasteiger partial charge in [-0.05, 0) is 23.8 Å². The van der Waals surface area contributed by atoms with Crippen LogP contribution in [0.3, 0.4) is 0 Å². The molecule has 0 radical (unpaired) electrons. The Morgan fingerprint density at radius 1 is 0.979 bits per heavy atom. The number of halogens is 6. The molecule has 1 aromatic carbocycles. The van der Waals surface area contributed by atoms with Crippen LogP contribution in [0.25, 0.3) is 0 Å². The molecule has 4 aromatic rings. The second-order valence-electron chi connectivity index (χ2n) is 11.2. The maximum Gasteiger partial charge on any atom is 0.423 e. The van der Waals surface area contributed by atoms with Gasteiger partial charge in [0.05, 0.1) is 88.0 Å². The van der Waals surface area contributed by atoms with Gasteiger partial charge in [-0.1, -0.05) is 12.1 Å². The van der Waals surface area contributed by atoms with Crippen LogP contribution in [-0.4, -0.2) is 75.6 Å². The number of benzene rings is 1. The van der Waals surface area contributed by atoms with E-state index < -0.39 is 35.1 Å².